The smallest absolute Gasteiger partial charge is 0.0734 e. The summed E-state index contributed by atoms with van der Waals surface area (Å²) in [6.07, 6.45) is 0. The Labute approximate surface area is 417 Å². The van der Waals surface area contributed by atoms with E-state index < -0.39 is 5.41 Å². The fraction of sp³-hybridized carbons (Fsp3) is 0.0588. The molecule has 15 rings (SSSR count). The molecule has 0 saturated carbocycles. The van der Waals surface area contributed by atoms with Crippen LogP contribution in [0.5, 0.6) is 0 Å². The third-order valence-electron chi connectivity index (χ3n) is 16.0. The molecule has 2 aliphatic rings. The van der Waals surface area contributed by atoms with E-state index in [1.54, 1.807) is 0 Å². The van der Waals surface area contributed by atoms with Crippen LogP contribution < -0.4 is 4.90 Å². The van der Waals surface area contributed by atoms with Gasteiger partial charge in [0.05, 0.1) is 22.1 Å². The predicted octanol–water partition coefficient (Wildman–Crippen LogP) is 18.4. The van der Waals surface area contributed by atoms with Crippen LogP contribution in [-0.2, 0) is 10.8 Å². The molecule has 71 heavy (non-hydrogen) atoms. The second-order valence-corrected chi connectivity index (χ2v) is 21.0. The molecule has 2 aromatic heterocycles. The van der Waals surface area contributed by atoms with Gasteiger partial charge < -0.3 is 9.47 Å². The molecule has 0 radical (unpaired) electrons. The highest BCUT2D eigenvalue weighted by atomic mass is 32.1. The summed E-state index contributed by atoms with van der Waals surface area (Å²) in [6, 6.07) is 91.4. The molecule has 0 unspecified atom stereocenters. The Hall–Kier alpha value is -8.50. The number of hydrogen-bond acceptors (Lipinski definition) is 2. The monoisotopic (exact) mass is 922 g/mol. The predicted molar refractivity (Wildman–Crippen MR) is 301 cm³/mol. The largest absolute Gasteiger partial charge is 0.310 e. The van der Waals surface area contributed by atoms with Crippen LogP contribution in [0.2, 0.25) is 0 Å². The fourth-order valence-electron chi connectivity index (χ4n) is 13.0. The Bertz CT molecular complexity index is 4280. The van der Waals surface area contributed by atoms with E-state index in [1.165, 1.54) is 108 Å². The van der Waals surface area contributed by atoms with Gasteiger partial charge in [-0.3, -0.25) is 0 Å². The van der Waals surface area contributed by atoms with Gasteiger partial charge in [-0.1, -0.05) is 202 Å². The zero-order valence-electron chi connectivity index (χ0n) is 39.4. The lowest BCUT2D eigenvalue weighted by atomic mass is 9.67. The molecule has 2 heterocycles. The van der Waals surface area contributed by atoms with Crippen LogP contribution in [0.25, 0.3) is 80.7 Å². The summed E-state index contributed by atoms with van der Waals surface area (Å²) in [5.74, 6) is 0. The lowest BCUT2D eigenvalue weighted by Crippen LogP contribution is -2.29. The number of rotatable bonds is 6. The maximum Gasteiger partial charge on any atom is 0.0734 e. The zero-order valence-corrected chi connectivity index (χ0v) is 40.2. The molecular formula is C68H46N2S. The summed E-state index contributed by atoms with van der Waals surface area (Å²) in [5, 5.41) is 7.53. The molecule has 2 aliphatic carbocycles. The Morgan fingerprint density at radius 3 is 1.77 bits per heavy atom. The summed E-state index contributed by atoms with van der Waals surface area (Å²) in [6.45, 7) is 4.79. The highest BCUT2D eigenvalue weighted by molar-refractivity contribution is 7.26. The number of para-hydroxylation sites is 2. The number of nitrogens with zero attached hydrogens (tertiary/aromatic N) is 2. The van der Waals surface area contributed by atoms with Crippen LogP contribution in [0.15, 0.2) is 243 Å². The van der Waals surface area contributed by atoms with E-state index >= 15 is 0 Å². The van der Waals surface area contributed by atoms with Crippen molar-refractivity contribution in [3.8, 4) is 27.9 Å². The molecule has 2 nitrogen and oxygen atoms in total. The molecule has 0 atom stereocenters. The van der Waals surface area contributed by atoms with Crippen LogP contribution in [0.3, 0.4) is 0 Å². The first kappa shape index (κ1) is 40.4. The number of hydrogen-bond donors (Lipinski definition) is 0. The first-order valence-corrected chi connectivity index (χ1v) is 25.6. The van der Waals surface area contributed by atoms with Crippen LogP contribution >= 0.6 is 11.3 Å². The van der Waals surface area contributed by atoms with Crippen LogP contribution in [0.1, 0.15) is 47.2 Å². The molecule has 0 amide bonds. The lowest BCUT2D eigenvalue weighted by molar-refractivity contribution is 0.660. The van der Waals surface area contributed by atoms with Gasteiger partial charge in [-0.2, -0.15) is 0 Å². The first-order chi connectivity index (χ1) is 35.0. The van der Waals surface area contributed by atoms with Crippen LogP contribution in [0.4, 0.5) is 17.1 Å². The second kappa shape index (κ2) is 15.0. The maximum absolute atomic E-state index is 2.60. The Kier molecular flexibility index (Phi) is 8.53. The lowest BCUT2D eigenvalue weighted by Gasteiger charge is -2.36. The third-order valence-corrected chi connectivity index (χ3v) is 17.2. The average Bonchev–Trinajstić information content (AvgIpc) is 4.14. The van der Waals surface area contributed by atoms with Gasteiger partial charge in [-0.15, -0.1) is 11.3 Å². The highest BCUT2D eigenvalue weighted by Gasteiger charge is 2.48. The third kappa shape index (κ3) is 5.53. The fourth-order valence-corrected chi connectivity index (χ4v) is 14.3. The molecule has 334 valence electrons. The summed E-state index contributed by atoms with van der Waals surface area (Å²) < 4.78 is 5.13. The zero-order chi connectivity index (χ0) is 47.0. The van der Waals surface area contributed by atoms with Gasteiger partial charge in [0.1, 0.15) is 0 Å². The van der Waals surface area contributed by atoms with Gasteiger partial charge in [0.2, 0.25) is 0 Å². The summed E-state index contributed by atoms with van der Waals surface area (Å²) in [5.41, 5.74) is 19.0. The van der Waals surface area contributed by atoms with Crippen LogP contribution in [-0.4, -0.2) is 4.57 Å². The average molecular weight is 923 g/mol. The van der Waals surface area contributed by atoms with Gasteiger partial charge in [-0.05, 0) is 121 Å². The van der Waals surface area contributed by atoms with Gasteiger partial charge >= 0.3 is 0 Å². The number of anilines is 3. The SMILES string of the molecule is CC1(C)c2ccccc2-c2ccc(N(c3cc(C4(c5ccccc5)c5ccccc5-c5ccccc54)c4c(c3)c3ccccc3n4-c3ccccc3)c3cccc4sc5c6ccccc6ccc5c34)cc21. The molecule has 0 spiro atoms. The quantitative estimate of drug-likeness (QED) is 0.161. The molecule has 0 bridgehead atoms. The van der Waals surface area contributed by atoms with Crippen molar-refractivity contribution in [3.63, 3.8) is 0 Å². The molecule has 11 aromatic carbocycles. The molecule has 0 fully saturated rings. The minimum atomic E-state index is -0.698. The van der Waals surface area contributed by atoms with Gasteiger partial charge in [-0.25, -0.2) is 0 Å². The van der Waals surface area contributed by atoms with E-state index in [-0.39, 0.29) is 5.41 Å². The second-order valence-electron chi connectivity index (χ2n) is 19.9. The first-order valence-electron chi connectivity index (χ1n) is 24.8. The van der Waals surface area contributed by atoms with E-state index in [9.17, 15) is 0 Å². The number of benzene rings is 11. The molecule has 0 N–H and O–H groups in total. The van der Waals surface area contributed by atoms with Gasteiger partial charge in [0.15, 0.2) is 0 Å². The van der Waals surface area contributed by atoms with Crippen LogP contribution in [0, 0.1) is 0 Å². The number of thiophene rings is 1. The standard InChI is InChI=1S/C68H46N2S/c1-67(2)56-30-15-11-26-49(56)52-39-37-46(41-59(52)67)69(62-34-19-35-63-64(62)54-38-36-43-20-9-10-25-48(43)66(54)71-63)47-40-55-53-29-14-18-33-61(53)70(45-23-7-4-8-24-45)65(55)60(42-47)68(44-21-5-3-6-22-44)57-31-16-12-27-50(57)51-28-13-17-32-58(51)68/h3-42H,1-2H3. The van der Waals surface area contributed by atoms with Crippen molar-refractivity contribution >= 4 is 81.1 Å². The topological polar surface area (TPSA) is 8.17 Å². The van der Waals surface area contributed by atoms with Crippen molar-refractivity contribution < 1.29 is 0 Å². The molecular weight excluding hydrogens is 877 g/mol. The summed E-state index contributed by atoms with van der Waals surface area (Å²) in [7, 11) is 0. The molecule has 3 heteroatoms. The molecule has 0 aliphatic heterocycles. The Morgan fingerprint density at radius 1 is 0.408 bits per heavy atom. The van der Waals surface area contributed by atoms with E-state index in [2.05, 4.69) is 266 Å². The van der Waals surface area contributed by atoms with Gasteiger partial charge in [0, 0.05) is 53.4 Å². The highest BCUT2D eigenvalue weighted by Crippen LogP contribution is 2.60. The van der Waals surface area contributed by atoms with Gasteiger partial charge in [0.25, 0.3) is 0 Å². The van der Waals surface area contributed by atoms with Crippen molar-refractivity contribution in [3.05, 3.63) is 276 Å². The van der Waals surface area contributed by atoms with Crippen molar-refractivity contribution in [2.45, 2.75) is 24.7 Å². The van der Waals surface area contributed by atoms with Crippen molar-refractivity contribution in [1.82, 2.24) is 4.57 Å². The van der Waals surface area contributed by atoms with Crippen molar-refractivity contribution in [2.75, 3.05) is 4.90 Å². The Morgan fingerprint density at radius 2 is 1.01 bits per heavy atom. The van der Waals surface area contributed by atoms with Crippen molar-refractivity contribution in [2.24, 2.45) is 0 Å². The minimum absolute atomic E-state index is 0.194. The van der Waals surface area contributed by atoms with E-state index in [0.29, 0.717) is 0 Å². The van der Waals surface area contributed by atoms with E-state index in [1.807, 2.05) is 11.3 Å². The number of aromatic nitrogens is 1. The molecule has 0 saturated heterocycles. The molecule has 13 aromatic rings. The van der Waals surface area contributed by atoms with E-state index in [0.717, 1.165) is 22.7 Å². The number of fused-ring (bicyclic) bond motifs is 14. The normalized spacial score (nSPS) is 14.0. The van der Waals surface area contributed by atoms with Crippen molar-refractivity contribution in [1.29, 1.82) is 0 Å². The Balaban J connectivity index is 1.13. The van der Waals surface area contributed by atoms with E-state index in [4.69, 9.17) is 0 Å². The summed E-state index contributed by atoms with van der Waals surface area (Å²) in [4.78, 5) is 2.60. The summed E-state index contributed by atoms with van der Waals surface area (Å²) >= 11 is 1.90. The maximum atomic E-state index is 2.60. The minimum Gasteiger partial charge on any atom is -0.310 e.